The van der Waals surface area contributed by atoms with Crippen LogP contribution in [0.25, 0.3) is 0 Å². The Bertz CT molecular complexity index is 764. The summed E-state index contributed by atoms with van der Waals surface area (Å²) in [6, 6.07) is 10.3. The van der Waals surface area contributed by atoms with E-state index in [1.807, 2.05) is 20.8 Å². The van der Waals surface area contributed by atoms with Crippen molar-refractivity contribution in [2.45, 2.75) is 20.8 Å². The van der Waals surface area contributed by atoms with Gasteiger partial charge in [-0.1, -0.05) is 23.7 Å². The molecular formula is C20H23ClN2O4. The molecule has 144 valence electrons. The highest BCUT2D eigenvalue weighted by molar-refractivity contribution is 6.30. The van der Waals surface area contributed by atoms with Crippen molar-refractivity contribution in [2.24, 2.45) is 5.10 Å². The monoisotopic (exact) mass is 390 g/mol. The maximum atomic E-state index is 12.5. The normalized spacial score (nSPS) is 10.7. The van der Waals surface area contributed by atoms with Crippen LogP contribution in [0.4, 0.5) is 0 Å². The predicted octanol–water partition coefficient (Wildman–Crippen LogP) is 4.30. The summed E-state index contributed by atoms with van der Waals surface area (Å²) in [4.78, 5) is 12.5. The standard InChI is InChI=1S/C20H23ClN2O4/c1-4-25-17-11-15(12-18(26-5-2)19(17)27-6-3)20(24)23-22-13-14-7-9-16(21)10-8-14/h7-13H,4-6H2,1-3H3,(H,23,24). The van der Waals surface area contributed by atoms with Gasteiger partial charge in [0.1, 0.15) is 0 Å². The molecule has 1 N–H and O–H groups in total. The molecule has 1 amide bonds. The van der Waals surface area contributed by atoms with E-state index in [1.54, 1.807) is 36.4 Å². The van der Waals surface area contributed by atoms with Crippen molar-refractivity contribution < 1.29 is 19.0 Å². The molecule has 0 radical (unpaired) electrons. The zero-order chi connectivity index (χ0) is 19.6. The lowest BCUT2D eigenvalue weighted by molar-refractivity contribution is 0.0954. The number of carbonyl (C=O) groups is 1. The van der Waals surface area contributed by atoms with Crippen molar-refractivity contribution in [2.75, 3.05) is 19.8 Å². The molecule has 0 spiro atoms. The first-order valence-corrected chi connectivity index (χ1v) is 9.12. The highest BCUT2D eigenvalue weighted by atomic mass is 35.5. The summed E-state index contributed by atoms with van der Waals surface area (Å²) in [6.45, 7) is 6.92. The van der Waals surface area contributed by atoms with Gasteiger partial charge in [-0.2, -0.15) is 5.10 Å². The van der Waals surface area contributed by atoms with Gasteiger partial charge in [0, 0.05) is 10.6 Å². The van der Waals surface area contributed by atoms with Crippen molar-refractivity contribution in [1.82, 2.24) is 5.43 Å². The lowest BCUT2D eigenvalue weighted by atomic mass is 10.1. The molecule has 0 aliphatic heterocycles. The third-order valence-electron chi connectivity index (χ3n) is 3.42. The Morgan fingerprint density at radius 3 is 2.07 bits per heavy atom. The molecule has 0 unspecified atom stereocenters. The molecule has 0 atom stereocenters. The smallest absolute Gasteiger partial charge is 0.271 e. The molecule has 0 aliphatic carbocycles. The van der Waals surface area contributed by atoms with E-state index in [0.29, 0.717) is 47.7 Å². The van der Waals surface area contributed by atoms with Crippen LogP contribution in [0.3, 0.4) is 0 Å². The number of nitrogens with one attached hydrogen (secondary N) is 1. The van der Waals surface area contributed by atoms with Crippen molar-refractivity contribution in [3.8, 4) is 17.2 Å². The molecular weight excluding hydrogens is 368 g/mol. The van der Waals surface area contributed by atoms with Gasteiger partial charge >= 0.3 is 0 Å². The van der Waals surface area contributed by atoms with Crippen LogP contribution < -0.4 is 19.6 Å². The van der Waals surface area contributed by atoms with Crippen molar-refractivity contribution in [1.29, 1.82) is 0 Å². The molecule has 27 heavy (non-hydrogen) atoms. The third kappa shape index (κ3) is 5.89. The third-order valence-corrected chi connectivity index (χ3v) is 3.67. The van der Waals surface area contributed by atoms with E-state index in [-0.39, 0.29) is 5.91 Å². The van der Waals surface area contributed by atoms with Crippen LogP contribution >= 0.6 is 11.6 Å². The Labute approximate surface area is 164 Å². The number of rotatable bonds is 9. The maximum absolute atomic E-state index is 12.5. The highest BCUT2D eigenvalue weighted by Crippen LogP contribution is 2.39. The van der Waals surface area contributed by atoms with Crippen LogP contribution in [0.5, 0.6) is 17.2 Å². The Morgan fingerprint density at radius 2 is 1.56 bits per heavy atom. The predicted molar refractivity (Wildman–Crippen MR) is 106 cm³/mol. The second-order valence-electron chi connectivity index (χ2n) is 5.35. The number of halogens is 1. The summed E-state index contributed by atoms with van der Waals surface area (Å²) in [7, 11) is 0. The van der Waals surface area contributed by atoms with Crippen molar-refractivity contribution >= 4 is 23.7 Å². The Morgan fingerprint density at radius 1 is 1.00 bits per heavy atom. The van der Waals surface area contributed by atoms with Crippen LogP contribution in [0.1, 0.15) is 36.7 Å². The molecule has 2 rings (SSSR count). The largest absolute Gasteiger partial charge is 0.490 e. The second-order valence-corrected chi connectivity index (χ2v) is 5.79. The lowest BCUT2D eigenvalue weighted by Gasteiger charge is -2.16. The van der Waals surface area contributed by atoms with Gasteiger partial charge in [-0.3, -0.25) is 4.79 Å². The lowest BCUT2D eigenvalue weighted by Crippen LogP contribution is -2.18. The average molecular weight is 391 g/mol. The summed E-state index contributed by atoms with van der Waals surface area (Å²) in [5.41, 5.74) is 3.67. The maximum Gasteiger partial charge on any atom is 0.271 e. The Hall–Kier alpha value is -2.73. The number of ether oxygens (including phenoxy) is 3. The van der Waals surface area contributed by atoms with Crippen LogP contribution in [0.2, 0.25) is 5.02 Å². The molecule has 0 aliphatic rings. The van der Waals surface area contributed by atoms with Crippen LogP contribution in [0, 0.1) is 0 Å². The first kappa shape index (κ1) is 20.6. The van der Waals surface area contributed by atoms with Gasteiger partial charge in [0.2, 0.25) is 5.75 Å². The van der Waals surface area contributed by atoms with E-state index in [2.05, 4.69) is 10.5 Å². The number of carbonyl (C=O) groups excluding carboxylic acids is 1. The number of amides is 1. The molecule has 2 aromatic carbocycles. The minimum Gasteiger partial charge on any atom is -0.490 e. The Balaban J connectivity index is 2.21. The number of hydrogen-bond acceptors (Lipinski definition) is 5. The fourth-order valence-corrected chi connectivity index (χ4v) is 2.42. The molecule has 0 aromatic heterocycles. The van der Waals surface area contributed by atoms with Gasteiger partial charge < -0.3 is 14.2 Å². The minimum absolute atomic E-state index is 0.360. The molecule has 0 bridgehead atoms. The quantitative estimate of drug-likeness (QED) is 0.512. The van der Waals surface area contributed by atoms with Crippen LogP contribution in [-0.2, 0) is 0 Å². The zero-order valence-corrected chi connectivity index (χ0v) is 16.4. The van der Waals surface area contributed by atoms with E-state index >= 15 is 0 Å². The van der Waals surface area contributed by atoms with E-state index in [1.165, 1.54) is 6.21 Å². The summed E-state index contributed by atoms with van der Waals surface area (Å²) in [5, 5.41) is 4.61. The molecule has 0 saturated heterocycles. The van der Waals surface area contributed by atoms with Crippen molar-refractivity contribution in [3.05, 3.63) is 52.5 Å². The SMILES string of the molecule is CCOc1cc(C(=O)NN=Cc2ccc(Cl)cc2)cc(OCC)c1OCC. The number of hydrazone groups is 1. The fraction of sp³-hybridized carbons (Fsp3) is 0.300. The topological polar surface area (TPSA) is 69.2 Å². The average Bonchev–Trinajstić information content (AvgIpc) is 2.66. The summed E-state index contributed by atoms with van der Waals surface area (Å²) < 4.78 is 16.9. The molecule has 2 aromatic rings. The van der Waals surface area contributed by atoms with Crippen molar-refractivity contribution in [3.63, 3.8) is 0 Å². The molecule has 0 heterocycles. The first-order valence-electron chi connectivity index (χ1n) is 8.74. The summed E-state index contributed by atoms with van der Waals surface area (Å²) >= 11 is 5.84. The van der Waals surface area contributed by atoms with Gasteiger partial charge in [0.05, 0.1) is 26.0 Å². The van der Waals surface area contributed by atoms with Gasteiger partial charge in [0.15, 0.2) is 11.5 Å². The number of nitrogens with zero attached hydrogens (tertiary/aromatic N) is 1. The summed E-state index contributed by atoms with van der Waals surface area (Å²) in [6.07, 6.45) is 1.54. The zero-order valence-electron chi connectivity index (χ0n) is 15.6. The van der Waals surface area contributed by atoms with Gasteiger partial charge in [0.25, 0.3) is 5.91 Å². The van der Waals surface area contributed by atoms with Gasteiger partial charge in [-0.25, -0.2) is 5.43 Å². The van der Waals surface area contributed by atoms with Gasteiger partial charge in [-0.15, -0.1) is 0 Å². The highest BCUT2D eigenvalue weighted by Gasteiger charge is 2.18. The minimum atomic E-state index is -0.384. The van der Waals surface area contributed by atoms with E-state index in [4.69, 9.17) is 25.8 Å². The number of benzene rings is 2. The van der Waals surface area contributed by atoms with E-state index < -0.39 is 0 Å². The van der Waals surface area contributed by atoms with E-state index in [9.17, 15) is 4.79 Å². The van der Waals surface area contributed by atoms with E-state index in [0.717, 1.165) is 5.56 Å². The molecule has 0 saturated carbocycles. The van der Waals surface area contributed by atoms with Crippen LogP contribution in [-0.4, -0.2) is 31.9 Å². The summed E-state index contributed by atoms with van der Waals surface area (Å²) in [5.74, 6) is 1.02. The molecule has 6 nitrogen and oxygen atoms in total. The Kier molecular flexibility index (Phi) is 7.95. The fourth-order valence-electron chi connectivity index (χ4n) is 2.30. The second kappa shape index (κ2) is 10.4. The molecule has 7 heteroatoms. The van der Waals surface area contributed by atoms with Gasteiger partial charge in [-0.05, 0) is 50.6 Å². The first-order chi connectivity index (χ1) is 13.1. The number of hydrogen-bond donors (Lipinski definition) is 1. The van der Waals surface area contributed by atoms with Crippen LogP contribution in [0.15, 0.2) is 41.5 Å². The molecule has 0 fully saturated rings.